The number of rotatable bonds is 6. The molecule has 4 aromatic rings. The van der Waals surface area contributed by atoms with Crippen LogP contribution in [0.5, 0.6) is 0 Å². The van der Waals surface area contributed by atoms with E-state index < -0.39 is 23.0 Å². The van der Waals surface area contributed by atoms with Crippen molar-refractivity contribution in [3.05, 3.63) is 46.1 Å². The Morgan fingerprint density at radius 1 is 1.31 bits per heavy atom. The number of methoxy groups -OCH3 is 2. The summed E-state index contributed by atoms with van der Waals surface area (Å²) in [5, 5.41) is 13.6. The minimum Gasteiger partial charge on any atom is -0.383 e. The van der Waals surface area contributed by atoms with E-state index in [0.29, 0.717) is 5.52 Å². The molecule has 10 nitrogen and oxygen atoms in total. The molecule has 0 amide bonds. The number of benzene rings is 1. The van der Waals surface area contributed by atoms with Gasteiger partial charge in [-0.3, -0.25) is 13.8 Å². The summed E-state index contributed by atoms with van der Waals surface area (Å²) < 4.78 is 33.2. The molecule has 0 saturated heterocycles. The molecular formula is C21H21FN6O4. The Morgan fingerprint density at radius 2 is 2.06 bits per heavy atom. The van der Waals surface area contributed by atoms with Gasteiger partial charge in [0, 0.05) is 14.2 Å². The van der Waals surface area contributed by atoms with Crippen LogP contribution in [0, 0.1) is 17.1 Å². The number of nitrogens with zero attached hydrogens (tertiary/aromatic N) is 6. The minimum absolute atomic E-state index is 0.109. The third-order valence-electron chi connectivity index (χ3n) is 5.42. The van der Waals surface area contributed by atoms with Crippen molar-refractivity contribution in [3.63, 3.8) is 0 Å². The van der Waals surface area contributed by atoms with E-state index in [1.54, 1.807) is 20.8 Å². The summed E-state index contributed by atoms with van der Waals surface area (Å²) in [7, 11) is 3.01. The van der Waals surface area contributed by atoms with E-state index in [1.165, 1.54) is 41.6 Å². The quantitative estimate of drug-likeness (QED) is 0.449. The fourth-order valence-corrected chi connectivity index (χ4v) is 3.60. The van der Waals surface area contributed by atoms with Crippen LogP contribution in [-0.4, -0.2) is 44.9 Å². The molecule has 32 heavy (non-hydrogen) atoms. The molecule has 3 aromatic heterocycles. The molecule has 0 aliphatic carbocycles. The predicted molar refractivity (Wildman–Crippen MR) is 112 cm³/mol. The number of hydrogen-bond acceptors (Lipinski definition) is 8. The fraction of sp³-hybridized carbons (Fsp3) is 0.381. The Hall–Kier alpha value is -3.62. The van der Waals surface area contributed by atoms with Gasteiger partial charge in [-0.1, -0.05) is 5.16 Å². The molecule has 0 saturated carbocycles. The molecule has 166 valence electrons. The van der Waals surface area contributed by atoms with Crippen LogP contribution in [0.3, 0.4) is 0 Å². The fourth-order valence-electron chi connectivity index (χ4n) is 3.60. The maximum atomic E-state index is 14.5. The molecule has 1 unspecified atom stereocenters. The number of imidazole rings is 1. The van der Waals surface area contributed by atoms with E-state index in [1.807, 2.05) is 6.07 Å². The van der Waals surface area contributed by atoms with Crippen LogP contribution in [0.1, 0.15) is 38.3 Å². The second-order valence-electron chi connectivity index (χ2n) is 7.83. The van der Waals surface area contributed by atoms with Crippen molar-refractivity contribution in [2.24, 2.45) is 0 Å². The molecule has 3 heterocycles. The first-order valence-corrected chi connectivity index (χ1v) is 9.77. The number of aromatic nitrogens is 5. The van der Waals surface area contributed by atoms with Gasteiger partial charge in [-0.25, -0.2) is 9.37 Å². The lowest BCUT2D eigenvalue weighted by atomic mass is 10.1. The van der Waals surface area contributed by atoms with Gasteiger partial charge in [0.25, 0.3) is 11.4 Å². The predicted octanol–water partition coefficient (Wildman–Crippen LogP) is 2.80. The van der Waals surface area contributed by atoms with Crippen molar-refractivity contribution in [3.8, 4) is 17.6 Å². The standard InChI is InChI=1S/C21H21FN6O4/c1-11(9-30-4)28-16-12(8-23)13(22)6-7-14(16)27-10-24-15(17(27)19(28)29)18-25-20(32-26-18)21(2,3)31-5/h6-7,10-11H,9H2,1-5H3. The monoisotopic (exact) mass is 440 g/mol. The third-order valence-corrected chi connectivity index (χ3v) is 5.42. The average Bonchev–Trinajstić information content (AvgIpc) is 3.42. The highest BCUT2D eigenvalue weighted by Crippen LogP contribution is 2.29. The molecule has 1 atom stereocenters. The number of ether oxygens (including phenoxy) is 2. The first-order valence-electron chi connectivity index (χ1n) is 9.77. The summed E-state index contributed by atoms with van der Waals surface area (Å²) >= 11 is 0. The Balaban J connectivity index is 2.09. The molecule has 1 aromatic carbocycles. The summed E-state index contributed by atoms with van der Waals surface area (Å²) in [4.78, 5) is 22.4. The van der Waals surface area contributed by atoms with E-state index in [-0.39, 0.29) is 40.6 Å². The van der Waals surface area contributed by atoms with Crippen molar-refractivity contribution < 1.29 is 18.4 Å². The van der Waals surface area contributed by atoms with Crippen molar-refractivity contribution in [1.82, 2.24) is 24.1 Å². The lowest BCUT2D eigenvalue weighted by Gasteiger charge is -2.19. The lowest BCUT2D eigenvalue weighted by molar-refractivity contribution is -0.00786. The molecule has 0 fully saturated rings. The number of nitriles is 1. The number of fused-ring (bicyclic) bond motifs is 3. The van der Waals surface area contributed by atoms with Gasteiger partial charge in [-0.15, -0.1) is 0 Å². The largest absolute Gasteiger partial charge is 0.383 e. The zero-order chi connectivity index (χ0) is 23.2. The van der Waals surface area contributed by atoms with Crippen molar-refractivity contribution in [2.75, 3.05) is 20.8 Å². The molecule has 0 aliphatic heterocycles. The van der Waals surface area contributed by atoms with Gasteiger partial charge in [-0.2, -0.15) is 10.2 Å². The molecule has 0 bridgehead atoms. The Bertz CT molecular complexity index is 1430. The van der Waals surface area contributed by atoms with E-state index in [4.69, 9.17) is 14.0 Å². The lowest BCUT2D eigenvalue weighted by Crippen LogP contribution is -2.28. The topological polar surface area (TPSA) is 120 Å². The van der Waals surface area contributed by atoms with E-state index in [0.717, 1.165) is 0 Å². The third kappa shape index (κ3) is 3.16. The summed E-state index contributed by atoms with van der Waals surface area (Å²) in [6, 6.07) is 4.05. The normalized spacial score (nSPS) is 13.0. The number of hydrogen-bond donors (Lipinski definition) is 0. The van der Waals surface area contributed by atoms with Gasteiger partial charge in [0.15, 0.2) is 0 Å². The van der Waals surface area contributed by atoms with Gasteiger partial charge < -0.3 is 14.0 Å². The smallest absolute Gasteiger partial charge is 0.278 e. The van der Waals surface area contributed by atoms with Gasteiger partial charge >= 0.3 is 0 Å². The first kappa shape index (κ1) is 21.6. The summed E-state index contributed by atoms with van der Waals surface area (Å²) in [5.41, 5.74) is -0.608. The first-order chi connectivity index (χ1) is 15.2. The van der Waals surface area contributed by atoms with E-state index in [2.05, 4.69) is 15.1 Å². The van der Waals surface area contributed by atoms with Crippen LogP contribution in [0.25, 0.3) is 28.1 Å². The zero-order valence-electron chi connectivity index (χ0n) is 18.2. The molecule has 0 radical (unpaired) electrons. The van der Waals surface area contributed by atoms with Crippen molar-refractivity contribution in [1.29, 1.82) is 5.26 Å². The minimum atomic E-state index is -0.833. The zero-order valence-corrected chi connectivity index (χ0v) is 18.2. The van der Waals surface area contributed by atoms with Crippen LogP contribution >= 0.6 is 0 Å². The molecule has 0 N–H and O–H groups in total. The highest BCUT2D eigenvalue weighted by molar-refractivity contribution is 5.87. The molecule has 0 aliphatic rings. The summed E-state index contributed by atoms with van der Waals surface area (Å²) in [6.45, 7) is 5.45. The number of halogens is 1. The Labute approximate surface area is 181 Å². The SMILES string of the molecule is COCC(C)n1c(=O)c2c(-c3noc(C(C)(C)OC)n3)ncn2c2ccc(F)c(C#N)c21. The summed E-state index contributed by atoms with van der Waals surface area (Å²) in [5.74, 6) is -0.390. The van der Waals surface area contributed by atoms with E-state index in [9.17, 15) is 14.4 Å². The van der Waals surface area contributed by atoms with Crippen molar-refractivity contribution in [2.45, 2.75) is 32.4 Å². The maximum absolute atomic E-state index is 14.5. The van der Waals surface area contributed by atoms with E-state index >= 15 is 0 Å². The van der Waals surface area contributed by atoms with Crippen LogP contribution < -0.4 is 5.56 Å². The second-order valence-corrected chi connectivity index (χ2v) is 7.83. The van der Waals surface area contributed by atoms with Gasteiger partial charge in [0.05, 0.1) is 23.7 Å². The Kier molecular flexibility index (Phi) is 5.28. The van der Waals surface area contributed by atoms with Gasteiger partial charge in [-0.05, 0) is 32.9 Å². The molecule has 0 spiro atoms. The Morgan fingerprint density at radius 3 is 2.72 bits per heavy atom. The summed E-state index contributed by atoms with van der Waals surface area (Å²) in [6.07, 6.45) is 1.41. The molecule has 4 rings (SSSR count). The second kappa shape index (κ2) is 7.81. The highest BCUT2D eigenvalue weighted by atomic mass is 19.1. The van der Waals surface area contributed by atoms with Crippen LogP contribution in [-0.2, 0) is 15.1 Å². The van der Waals surface area contributed by atoms with Crippen LogP contribution in [0.15, 0.2) is 27.8 Å². The molecule has 11 heteroatoms. The van der Waals surface area contributed by atoms with Gasteiger partial charge in [0.1, 0.15) is 40.6 Å². The van der Waals surface area contributed by atoms with Gasteiger partial charge in [0.2, 0.25) is 5.82 Å². The van der Waals surface area contributed by atoms with Crippen LogP contribution in [0.4, 0.5) is 4.39 Å². The average molecular weight is 440 g/mol. The highest BCUT2D eigenvalue weighted by Gasteiger charge is 2.30. The van der Waals surface area contributed by atoms with Crippen LogP contribution in [0.2, 0.25) is 0 Å². The molecular weight excluding hydrogens is 419 g/mol. The van der Waals surface area contributed by atoms with Crippen molar-refractivity contribution >= 4 is 16.6 Å². The maximum Gasteiger partial charge on any atom is 0.278 e.